The van der Waals surface area contributed by atoms with Gasteiger partial charge in [-0.1, -0.05) is 0 Å². The monoisotopic (exact) mass is 328 g/mol. The van der Waals surface area contributed by atoms with Gasteiger partial charge in [0.2, 0.25) is 10.0 Å². The van der Waals surface area contributed by atoms with Crippen LogP contribution in [0, 0.1) is 0 Å². The van der Waals surface area contributed by atoms with Gasteiger partial charge in [0.25, 0.3) is 10.0 Å². The lowest BCUT2D eigenvalue weighted by atomic mass is 10.3. The van der Waals surface area contributed by atoms with Crippen molar-refractivity contribution in [1.29, 1.82) is 0 Å². The molecule has 5 N–H and O–H groups in total. The molecule has 0 aliphatic heterocycles. The quantitative estimate of drug-likeness (QED) is 0.726. The highest BCUT2D eigenvalue weighted by Gasteiger charge is 2.18. The van der Waals surface area contributed by atoms with E-state index in [9.17, 15) is 16.8 Å². The molecule has 1 aromatic carbocycles. The van der Waals surface area contributed by atoms with E-state index >= 15 is 0 Å². The molecule has 2 rings (SSSR count). The summed E-state index contributed by atoms with van der Waals surface area (Å²) in [6.45, 7) is 0. The van der Waals surface area contributed by atoms with Gasteiger partial charge >= 0.3 is 0 Å². The Balaban J connectivity index is 2.32. The van der Waals surface area contributed by atoms with E-state index in [-0.39, 0.29) is 21.3 Å². The fourth-order valence-electron chi connectivity index (χ4n) is 1.55. The van der Waals surface area contributed by atoms with Crippen molar-refractivity contribution in [3.63, 3.8) is 0 Å². The molecule has 2 aromatic rings. The Morgan fingerprint density at radius 1 is 1.00 bits per heavy atom. The molecule has 0 spiro atoms. The van der Waals surface area contributed by atoms with Crippen LogP contribution in [0.25, 0.3) is 0 Å². The molecule has 0 unspecified atom stereocenters. The Kier molecular flexibility index (Phi) is 3.85. The Hall–Kier alpha value is -2.17. The average Bonchev–Trinajstić information content (AvgIpc) is 2.38. The Morgan fingerprint density at radius 2 is 1.62 bits per heavy atom. The summed E-state index contributed by atoms with van der Waals surface area (Å²) >= 11 is 0. The number of nitrogen functional groups attached to an aromatic ring is 1. The summed E-state index contributed by atoms with van der Waals surface area (Å²) in [5.74, 6) is -0.133. The van der Waals surface area contributed by atoms with E-state index in [0.29, 0.717) is 0 Å². The van der Waals surface area contributed by atoms with Gasteiger partial charge in [0, 0.05) is 11.9 Å². The van der Waals surface area contributed by atoms with Gasteiger partial charge in [0.15, 0.2) is 0 Å². The first-order chi connectivity index (χ1) is 9.70. The Morgan fingerprint density at radius 3 is 2.14 bits per heavy atom. The minimum atomic E-state index is -3.91. The van der Waals surface area contributed by atoms with Crippen molar-refractivity contribution in [1.82, 2.24) is 4.98 Å². The fraction of sp³-hybridized carbons (Fsp3) is 0. The van der Waals surface area contributed by atoms with E-state index < -0.39 is 20.0 Å². The van der Waals surface area contributed by atoms with Crippen molar-refractivity contribution in [2.24, 2.45) is 5.14 Å². The minimum absolute atomic E-state index is 0.119. The molecule has 21 heavy (non-hydrogen) atoms. The number of benzene rings is 1. The standard InChI is InChI=1S/C11H12N4O4S2/c12-11-10(2-1-7-14-11)21(18,19)15-8-3-5-9(6-4-8)20(13,16)17/h1-7,15H,(H2,12,14)(H2,13,16,17). The van der Waals surface area contributed by atoms with Crippen LogP contribution in [0.1, 0.15) is 0 Å². The number of hydrogen-bond donors (Lipinski definition) is 3. The number of aromatic nitrogens is 1. The highest BCUT2D eigenvalue weighted by molar-refractivity contribution is 7.93. The molecule has 0 saturated heterocycles. The first-order valence-electron chi connectivity index (χ1n) is 5.56. The zero-order valence-electron chi connectivity index (χ0n) is 10.6. The topological polar surface area (TPSA) is 145 Å². The smallest absolute Gasteiger partial charge is 0.265 e. The summed E-state index contributed by atoms with van der Waals surface area (Å²) < 4.78 is 48.8. The summed E-state index contributed by atoms with van der Waals surface area (Å²) in [7, 11) is -7.74. The number of nitrogens with zero attached hydrogens (tertiary/aromatic N) is 1. The number of pyridine rings is 1. The van der Waals surface area contributed by atoms with Crippen LogP contribution in [-0.2, 0) is 20.0 Å². The van der Waals surface area contributed by atoms with Gasteiger partial charge in [0.05, 0.1) is 4.90 Å². The normalized spacial score (nSPS) is 12.0. The van der Waals surface area contributed by atoms with E-state index in [4.69, 9.17) is 10.9 Å². The maximum atomic E-state index is 12.1. The van der Waals surface area contributed by atoms with Crippen molar-refractivity contribution in [2.75, 3.05) is 10.5 Å². The molecule has 0 fully saturated rings. The van der Waals surface area contributed by atoms with Crippen LogP contribution < -0.4 is 15.6 Å². The van der Waals surface area contributed by atoms with Crippen LogP contribution in [0.5, 0.6) is 0 Å². The van der Waals surface area contributed by atoms with E-state index in [0.717, 1.165) is 0 Å². The second-order valence-electron chi connectivity index (χ2n) is 4.06. The summed E-state index contributed by atoms with van der Waals surface area (Å²) in [5, 5.41) is 4.95. The number of anilines is 2. The highest BCUT2D eigenvalue weighted by Crippen LogP contribution is 2.20. The second kappa shape index (κ2) is 5.31. The maximum absolute atomic E-state index is 12.1. The molecule has 0 aliphatic rings. The third-order valence-electron chi connectivity index (χ3n) is 2.52. The zero-order valence-corrected chi connectivity index (χ0v) is 12.2. The predicted molar refractivity (Wildman–Crippen MR) is 77.3 cm³/mol. The highest BCUT2D eigenvalue weighted by atomic mass is 32.2. The van der Waals surface area contributed by atoms with Gasteiger partial charge in [-0.15, -0.1) is 0 Å². The molecule has 1 aromatic heterocycles. The van der Waals surface area contributed by atoms with Crippen molar-refractivity contribution in [3.8, 4) is 0 Å². The number of rotatable bonds is 4. The van der Waals surface area contributed by atoms with E-state index in [1.807, 2.05) is 0 Å². The van der Waals surface area contributed by atoms with Crippen LogP contribution >= 0.6 is 0 Å². The lowest BCUT2D eigenvalue weighted by Gasteiger charge is -2.09. The third-order valence-corrected chi connectivity index (χ3v) is 4.88. The molecule has 8 nitrogen and oxygen atoms in total. The van der Waals surface area contributed by atoms with Crippen molar-refractivity contribution < 1.29 is 16.8 Å². The van der Waals surface area contributed by atoms with Crippen molar-refractivity contribution in [3.05, 3.63) is 42.6 Å². The van der Waals surface area contributed by atoms with Gasteiger partial charge < -0.3 is 5.73 Å². The molecule has 0 atom stereocenters. The van der Waals surface area contributed by atoms with Gasteiger partial charge in [0.1, 0.15) is 10.7 Å². The van der Waals surface area contributed by atoms with Crippen LogP contribution in [0.15, 0.2) is 52.4 Å². The Bertz CT molecular complexity index is 861. The number of sulfonamides is 2. The van der Waals surface area contributed by atoms with Gasteiger partial charge in [-0.05, 0) is 36.4 Å². The van der Waals surface area contributed by atoms with Crippen LogP contribution in [0.3, 0.4) is 0 Å². The summed E-state index contributed by atoms with van der Waals surface area (Å²) in [4.78, 5) is 3.41. The first-order valence-corrected chi connectivity index (χ1v) is 8.59. The molecule has 10 heteroatoms. The van der Waals surface area contributed by atoms with Crippen LogP contribution in [-0.4, -0.2) is 21.8 Å². The summed E-state index contributed by atoms with van der Waals surface area (Å²) in [6, 6.07) is 7.70. The summed E-state index contributed by atoms with van der Waals surface area (Å²) in [6.07, 6.45) is 1.37. The molecule has 0 saturated carbocycles. The van der Waals surface area contributed by atoms with Gasteiger partial charge in [-0.25, -0.2) is 27.0 Å². The van der Waals surface area contributed by atoms with E-state index in [2.05, 4.69) is 9.71 Å². The average molecular weight is 328 g/mol. The molecular formula is C11H12N4O4S2. The lowest BCUT2D eigenvalue weighted by Crippen LogP contribution is -2.16. The molecular weight excluding hydrogens is 316 g/mol. The van der Waals surface area contributed by atoms with E-state index in [1.54, 1.807) is 0 Å². The number of nitrogens with one attached hydrogen (secondary N) is 1. The van der Waals surface area contributed by atoms with Gasteiger partial charge in [-0.3, -0.25) is 4.72 Å². The molecule has 0 bridgehead atoms. The Labute approximate surface area is 121 Å². The molecule has 0 aliphatic carbocycles. The van der Waals surface area contributed by atoms with Gasteiger partial charge in [-0.2, -0.15) is 0 Å². The third kappa shape index (κ3) is 3.48. The second-order valence-corrected chi connectivity index (χ2v) is 7.27. The number of primary sulfonamides is 1. The van der Waals surface area contributed by atoms with E-state index in [1.165, 1.54) is 42.6 Å². The van der Waals surface area contributed by atoms with Crippen LogP contribution in [0.2, 0.25) is 0 Å². The first kappa shape index (κ1) is 15.2. The van der Waals surface area contributed by atoms with Crippen molar-refractivity contribution >= 4 is 31.6 Å². The largest absolute Gasteiger partial charge is 0.383 e. The number of nitrogens with two attached hydrogens (primary N) is 2. The molecule has 112 valence electrons. The fourth-order valence-corrected chi connectivity index (χ4v) is 3.21. The predicted octanol–water partition coefficient (Wildman–Crippen LogP) is 0.112. The zero-order chi connectivity index (χ0) is 15.7. The van der Waals surface area contributed by atoms with Crippen LogP contribution in [0.4, 0.5) is 11.5 Å². The molecule has 0 amide bonds. The maximum Gasteiger partial charge on any atom is 0.265 e. The van der Waals surface area contributed by atoms with Crippen molar-refractivity contribution in [2.45, 2.75) is 9.79 Å². The summed E-state index contributed by atoms with van der Waals surface area (Å²) in [5.41, 5.74) is 5.69. The minimum Gasteiger partial charge on any atom is -0.383 e. The molecule has 0 radical (unpaired) electrons. The molecule has 1 heterocycles. The SMILES string of the molecule is Nc1ncccc1S(=O)(=O)Nc1ccc(S(N)(=O)=O)cc1. The number of hydrogen-bond acceptors (Lipinski definition) is 6. The lowest BCUT2D eigenvalue weighted by molar-refractivity contribution is 0.597.